The Morgan fingerprint density at radius 1 is 0.818 bits per heavy atom. The van der Waals surface area contributed by atoms with Gasteiger partial charge in [0.15, 0.2) is 6.29 Å². The lowest BCUT2D eigenvalue weighted by Crippen LogP contribution is -2.25. The van der Waals surface area contributed by atoms with Gasteiger partial charge >= 0.3 is 0 Å². The molecule has 1 saturated heterocycles. The maximum atomic E-state index is 5.90. The maximum absolute atomic E-state index is 5.90. The van der Waals surface area contributed by atoms with E-state index in [1.807, 2.05) is 36.4 Å². The van der Waals surface area contributed by atoms with Crippen molar-refractivity contribution < 1.29 is 18.9 Å². The normalized spacial score (nSPS) is 21.4. The van der Waals surface area contributed by atoms with Crippen LogP contribution < -0.4 is 9.47 Å². The van der Waals surface area contributed by atoms with Crippen molar-refractivity contribution in [3.63, 3.8) is 0 Å². The molecule has 4 heteroatoms. The molecule has 0 amide bonds. The maximum Gasteiger partial charge on any atom is 0.184 e. The molecular weight excluding hydrogens is 280 g/mol. The quantitative estimate of drug-likeness (QED) is 0.865. The summed E-state index contributed by atoms with van der Waals surface area (Å²) in [6.45, 7) is 1.27. The Morgan fingerprint density at radius 2 is 1.41 bits per heavy atom. The second-order valence-electron chi connectivity index (χ2n) is 5.25. The SMILES string of the molecule is COc1cc(OC)cc(C2OCC(c3ccccc3)CO2)c1. The molecule has 0 unspecified atom stereocenters. The van der Waals surface area contributed by atoms with Gasteiger partial charge in [0.2, 0.25) is 0 Å². The van der Waals surface area contributed by atoms with E-state index >= 15 is 0 Å². The third-order valence-electron chi connectivity index (χ3n) is 3.81. The lowest BCUT2D eigenvalue weighted by Gasteiger charge is -2.30. The van der Waals surface area contributed by atoms with Gasteiger partial charge in [-0.2, -0.15) is 0 Å². The lowest BCUT2D eigenvalue weighted by molar-refractivity contribution is -0.191. The Morgan fingerprint density at radius 3 is 1.95 bits per heavy atom. The Bertz CT molecular complexity index is 581. The minimum atomic E-state index is -0.385. The van der Waals surface area contributed by atoms with E-state index in [2.05, 4.69) is 12.1 Å². The molecule has 3 rings (SSSR count). The van der Waals surface area contributed by atoms with Crippen molar-refractivity contribution in [3.8, 4) is 11.5 Å². The van der Waals surface area contributed by atoms with Gasteiger partial charge in [-0.05, 0) is 17.7 Å². The smallest absolute Gasteiger partial charge is 0.184 e. The first-order valence-electron chi connectivity index (χ1n) is 7.31. The van der Waals surface area contributed by atoms with Gasteiger partial charge < -0.3 is 18.9 Å². The van der Waals surface area contributed by atoms with Crippen LogP contribution >= 0.6 is 0 Å². The predicted octanol–water partition coefficient (Wildman–Crippen LogP) is 3.53. The van der Waals surface area contributed by atoms with Crippen LogP contribution in [0.1, 0.15) is 23.3 Å². The summed E-state index contributed by atoms with van der Waals surface area (Å²) in [6.07, 6.45) is -0.385. The summed E-state index contributed by atoms with van der Waals surface area (Å²) in [5, 5.41) is 0. The monoisotopic (exact) mass is 300 g/mol. The Hall–Kier alpha value is -2.04. The van der Waals surface area contributed by atoms with Crippen LogP contribution in [0, 0.1) is 0 Å². The fourth-order valence-corrected chi connectivity index (χ4v) is 2.58. The third-order valence-corrected chi connectivity index (χ3v) is 3.81. The zero-order chi connectivity index (χ0) is 15.4. The molecule has 2 aromatic rings. The first-order valence-corrected chi connectivity index (χ1v) is 7.31. The largest absolute Gasteiger partial charge is 0.497 e. The molecule has 0 aromatic heterocycles. The standard InChI is InChI=1S/C18H20O4/c1-19-16-8-14(9-17(10-16)20-2)18-21-11-15(12-22-18)13-6-4-3-5-7-13/h3-10,15,18H,11-12H2,1-2H3. The molecule has 0 radical (unpaired) electrons. The van der Waals surface area contributed by atoms with Gasteiger partial charge in [-0.15, -0.1) is 0 Å². The lowest BCUT2D eigenvalue weighted by atomic mass is 10.0. The van der Waals surface area contributed by atoms with Gasteiger partial charge in [0.1, 0.15) is 11.5 Å². The molecule has 0 N–H and O–H groups in total. The Kier molecular flexibility index (Phi) is 4.61. The minimum absolute atomic E-state index is 0.268. The molecular formula is C18H20O4. The molecule has 4 nitrogen and oxygen atoms in total. The average molecular weight is 300 g/mol. The number of benzene rings is 2. The van der Waals surface area contributed by atoms with Crippen LogP contribution in [-0.2, 0) is 9.47 Å². The summed E-state index contributed by atoms with van der Waals surface area (Å²) in [7, 11) is 3.26. The molecule has 116 valence electrons. The first kappa shape index (κ1) is 14.9. The molecule has 22 heavy (non-hydrogen) atoms. The van der Waals surface area contributed by atoms with Gasteiger partial charge in [-0.1, -0.05) is 30.3 Å². The van der Waals surface area contributed by atoms with E-state index in [0.717, 1.165) is 17.1 Å². The van der Waals surface area contributed by atoms with Gasteiger partial charge in [0.05, 0.1) is 27.4 Å². The number of hydrogen-bond acceptors (Lipinski definition) is 4. The minimum Gasteiger partial charge on any atom is -0.497 e. The highest BCUT2D eigenvalue weighted by Gasteiger charge is 2.25. The number of rotatable bonds is 4. The van der Waals surface area contributed by atoms with E-state index in [-0.39, 0.29) is 12.2 Å². The van der Waals surface area contributed by atoms with Gasteiger partial charge in [0, 0.05) is 17.5 Å². The molecule has 0 saturated carbocycles. The molecule has 1 aliphatic heterocycles. The first-order chi connectivity index (χ1) is 10.8. The highest BCUT2D eigenvalue weighted by molar-refractivity contribution is 5.39. The summed E-state index contributed by atoms with van der Waals surface area (Å²) in [5.41, 5.74) is 2.15. The van der Waals surface area contributed by atoms with E-state index in [1.54, 1.807) is 14.2 Å². The molecule has 0 bridgehead atoms. The summed E-state index contributed by atoms with van der Waals surface area (Å²) < 4.78 is 22.4. The summed E-state index contributed by atoms with van der Waals surface area (Å²) in [5.74, 6) is 1.73. The van der Waals surface area contributed by atoms with Gasteiger partial charge in [-0.3, -0.25) is 0 Å². The number of methoxy groups -OCH3 is 2. The highest BCUT2D eigenvalue weighted by atomic mass is 16.7. The molecule has 0 atom stereocenters. The van der Waals surface area contributed by atoms with Crippen molar-refractivity contribution in [2.45, 2.75) is 12.2 Å². The number of hydrogen-bond donors (Lipinski definition) is 0. The van der Waals surface area contributed by atoms with Crippen molar-refractivity contribution in [1.82, 2.24) is 0 Å². The van der Waals surface area contributed by atoms with E-state index in [1.165, 1.54) is 5.56 Å². The van der Waals surface area contributed by atoms with Crippen molar-refractivity contribution in [3.05, 3.63) is 59.7 Å². The fourth-order valence-electron chi connectivity index (χ4n) is 2.58. The van der Waals surface area contributed by atoms with Crippen LogP contribution in [0.3, 0.4) is 0 Å². The van der Waals surface area contributed by atoms with Gasteiger partial charge in [-0.25, -0.2) is 0 Å². The van der Waals surface area contributed by atoms with Crippen LogP contribution in [0.2, 0.25) is 0 Å². The summed E-state index contributed by atoms with van der Waals surface area (Å²) in [6, 6.07) is 16.0. The van der Waals surface area contributed by atoms with Crippen molar-refractivity contribution >= 4 is 0 Å². The van der Waals surface area contributed by atoms with E-state index < -0.39 is 0 Å². The second kappa shape index (κ2) is 6.81. The Balaban J connectivity index is 1.71. The van der Waals surface area contributed by atoms with Crippen LogP contribution in [0.15, 0.2) is 48.5 Å². The third kappa shape index (κ3) is 3.24. The van der Waals surface area contributed by atoms with Crippen LogP contribution in [-0.4, -0.2) is 27.4 Å². The molecule has 1 fully saturated rings. The fraction of sp³-hybridized carbons (Fsp3) is 0.333. The average Bonchev–Trinajstić information content (AvgIpc) is 2.62. The van der Waals surface area contributed by atoms with Crippen molar-refractivity contribution in [2.75, 3.05) is 27.4 Å². The zero-order valence-corrected chi connectivity index (χ0v) is 12.8. The molecule has 0 aliphatic carbocycles. The number of ether oxygens (including phenoxy) is 4. The van der Waals surface area contributed by atoms with E-state index in [9.17, 15) is 0 Å². The van der Waals surface area contributed by atoms with Crippen LogP contribution in [0.5, 0.6) is 11.5 Å². The van der Waals surface area contributed by atoms with Crippen LogP contribution in [0.25, 0.3) is 0 Å². The molecule has 2 aromatic carbocycles. The van der Waals surface area contributed by atoms with Crippen molar-refractivity contribution in [1.29, 1.82) is 0 Å². The van der Waals surface area contributed by atoms with Crippen LogP contribution in [0.4, 0.5) is 0 Å². The van der Waals surface area contributed by atoms with E-state index in [0.29, 0.717) is 13.2 Å². The van der Waals surface area contributed by atoms with E-state index in [4.69, 9.17) is 18.9 Å². The Labute approximate surface area is 130 Å². The van der Waals surface area contributed by atoms with Crippen molar-refractivity contribution in [2.24, 2.45) is 0 Å². The second-order valence-corrected chi connectivity index (χ2v) is 5.25. The highest BCUT2D eigenvalue weighted by Crippen LogP contribution is 2.33. The molecule has 1 aliphatic rings. The summed E-state index contributed by atoms with van der Waals surface area (Å²) in [4.78, 5) is 0. The zero-order valence-electron chi connectivity index (χ0n) is 12.8. The molecule has 0 spiro atoms. The predicted molar refractivity (Wildman–Crippen MR) is 83.4 cm³/mol. The van der Waals surface area contributed by atoms with Gasteiger partial charge in [0.25, 0.3) is 0 Å². The topological polar surface area (TPSA) is 36.9 Å². The summed E-state index contributed by atoms with van der Waals surface area (Å²) >= 11 is 0. The molecule has 1 heterocycles.